The molecular weight excluding hydrogens is 366 g/mol. The lowest BCUT2D eigenvalue weighted by molar-refractivity contribution is -0.157. The maximum absolute atomic E-state index is 7.58. The molecule has 0 spiro atoms. The van der Waals surface area contributed by atoms with Crippen LogP contribution < -0.4 is 11.5 Å². The Morgan fingerprint density at radius 1 is 0.867 bits per heavy atom. The molecule has 5 aliphatic rings. The first kappa shape index (κ1) is 21.7. The van der Waals surface area contributed by atoms with E-state index in [9.17, 15) is 0 Å². The smallest absolute Gasteiger partial charge is 0.0259 e. The minimum Gasteiger partial charge on any atom is -0.324 e. The largest absolute Gasteiger partial charge is 0.324 e. The summed E-state index contributed by atoms with van der Waals surface area (Å²) in [6, 6.07) is 0. The average molecular weight is 416 g/mol. The van der Waals surface area contributed by atoms with E-state index in [1.807, 2.05) is 0 Å². The van der Waals surface area contributed by atoms with Gasteiger partial charge in [0.2, 0.25) is 0 Å². The molecule has 5 unspecified atom stereocenters. The molecule has 172 valence electrons. The number of unbranched alkanes of at least 4 members (excludes halogenated alkanes) is 1. The van der Waals surface area contributed by atoms with Crippen molar-refractivity contribution in [3.63, 3.8) is 0 Å². The molecular formula is C27H49N3. The molecule has 0 amide bonds. The highest BCUT2D eigenvalue weighted by Gasteiger charge is 2.70. The van der Waals surface area contributed by atoms with Crippen LogP contribution in [-0.2, 0) is 0 Å². The van der Waals surface area contributed by atoms with Gasteiger partial charge in [-0.05, 0) is 88.6 Å². The Hall–Kier alpha value is -0.120. The molecule has 0 aromatic heterocycles. The minimum atomic E-state index is -0.0556. The van der Waals surface area contributed by atoms with Crippen molar-refractivity contribution in [2.45, 2.75) is 127 Å². The molecule has 0 aromatic rings. The van der Waals surface area contributed by atoms with E-state index in [4.69, 9.17) is 11.5 Å². The predicted octanol–water partition coefficient (Wildman–Crippen LogP) is 5.46. The van der Waals surface area contributed by atoms with E-state index in [0.717, 1.165) is 11.8 Å². The molecule has 1 saturated heterocycles. The minimum absolute atomic E-state index is 0.0416. The first-order valence-corrected chi connectivity index (χ1v) is 13.6. The summed E-state index contributed by atoms with van der Waals surface area (Å²) in [6.07, 6.45) is 18.8. The zero-order valence-corrected chi connectivity index (χ0v) is 20.2. The monoisotopic (exact) mass is 415 g/mol. The summed E-state index contributed by atoms with van der Waals surface area (Å²) in [5, 5.41) is 0. The summed E-state index contributed by atoms with van der Waals surface area (Å²) in [4.78, 5) is 2.90. The third-order valence-electron chi connectivity index (χ3n) is 11.7. The summed E-state index contributed by atoms with van der Waals surface area (Å²) in [7, 11) is 0. The highest BCUT2D eigenvalue weighted by atomic mass is 15.2. The van der Waals surface area contributed by atoms with Crippen LogP contribution in [0.1, 0.15) is 111 Å². The van der Waals surface area contributed by atoms with Crippen LogP contribution in [-0.4, -0.2) is 34.6 Å². The topological polar surface area (TPSA) is 55.3 Å². The van der Waals surface area contributed by atoms with Gasteiger partial charge >= 0.3 is 0 Å². The van der Waals surface area contributed by atoms with Gasteiger partial charge in [0.15, 0.2) is 0 Å². The molecule has 4 aliphatic carbocycles. The van der Waals surface area contributed by atoms with Crippen LogP contribution in [0.2, 0.25) is 0 Å². The number of rotatable bonds is 6. The second kappa shape index (κ2) is 7.45. The second-order valence-corrected chi connectivity index (χ2v) is 12.7. The molecule has 3 heteroatoms. The van der Waals surface area contributed by atoms with Gasteiger partial charge in [0, 0.05) is 22.0 Å². The van der Waals surface area contributed by atoms with E-state index in [0.29, 0.717) is 17.4 Å². The van der Waals surface area contributed by atoms with Crippen LogP contribution in [0.15, 0.2) is 0 Å². The molecule has 3 nitrogen and oxygen atoms in total. The Bertz CT molecular complexity index is 646. The summed E-state index contributed by atoms with van der Waals surface area (Å²) >= 11 is 0. The molecule has 0 radical (unpaired) electrons. The summed E-state index contributed by atoms with van der Waals surface area (Å²) in [6.45, 7) is 10.1. The maximum atomic E-state index is 7.58. The lowest BCUT2D eigenvalue weighted by Gasteiger charge is -2.71. The lowest BCUT2D eigenvalue weighted by Crippen LogP contribution is -2.80. The first-order chi connectivity index (χ1) is 14.3. The van der Waals surface area contributed by atoms with Crippen molar-refractivity contribution < 1.29 is 0 Å². The SMILES string of the molecule is CC[C@H]1CC2C3CCN(CCCCC4CC4)C3(C)CC[C@]2(N)C2(C)CCCCC12N. The molecule has 4 N–H and O–H groups in total. The average Bonchev–Trinajstić information content (AvgIpc) is 3.49. The van der Waals surface area contributed by atoms with Crippen molar-refractivity contribution >= 4 is 0 Å². The molecule has 5 fully saturated rings. The fraction of sp³-hybridized carbons (Fsp3) is 1.00. The number of nitrogens with zero attached hydrogens (tertiary/aromatic N) is 1. The van der Waals surface area contributed by atoms with Gasteiger partial charge in [0.25, 0.3) is 0 Å². The zero-order chi connectivity index (χ0) is 21.2. The van der Waals surface area contributed by atoms with Crippen LogP contribution in [0.4, 0.5) is 0 Å². The Labute approximate surface area is 186 Å². The van der Waals surface area contributed by atoms with Gasteiger partial charge in [0.1, 0.15) is 0 Å². The highest BCUT2D eigenvalue weighted by Crippen LogP contribution is 2.67. The Morgan fingerprint density at radius 3 is 2.37 bits per heavy atom. The van der Waals surface area contributed by atoms with Gasteiger partial charge in [-0.2, -0.15) is 0 Å². The maximum Gasteiger partial charge on any atom is 0.0259 e. The van der Waals surface area contributed by atoms with E-state index < -0.39 is 0 Å². The Balaban J connectivity index is 1.37. The molecule has 7 atom stereocenters. The lowest BCUT2D eigenvalue weighted by atomic mass is 9.38. The van der Waals surface area contributed by atoms with Crippen molar-refractivity contribution in [3.8, 4) is 0 Å². The summed E-state index contributed by atoms with van der Waals surface area (Å²) < 4.78 is 0. The quantitative estimate of drug-likeness (QED) is 0.566. The highest BCUT2D eigenvalue weighted by molar-refractivity contribution is 5.26. The Morgan fingerprint density at radius 2 is 1.63 bits per heavy atom. The Kier molecular flexibility index (Phi) is 5.39. The van der Waals surface area contributed by atoms with Gasteiger partial charge in [0.05, 0.1) is 0 Å². The van der Waals surface area contributed by atoms with Gasteiger partial charge < -0.3 is 11.5 Å². The van der Waals surface area contributed by atoms with Crippen LogP contribution in [0, 0.1) is 29.1 Å². The zero-order valence-electron chi connectivity index (χ0n) is 20.2. The van der Waals surface area contributed by atoms with Crippen LogP contribution >= 0.6 is 0 Å². The van der Waals surface area contributed by atoms with Gasteiger partial charge in [-0.25, -0.2) is 0 Å². The number of fused-ring (bicyclic) bond motifs is 5. The van der Waals surface area contributed by atoms with E-state index in [2.05, 4.69) is 25.7 Å². The molecule has 30 heavy (non-hydrogen) atoms. The predicted molar refractivity (Wildman–Crippen MR) is 126 cm³/mol. The second-order valence-electron chi connectivity index (χ2n) is 12.7. The fourth-order valence-corrected chi connectivity index (χ4v) is 9.42. The van der Waals surface area contributed by atoms with Crippen LogP contribution in [0.25, 0.3) is 0 Å². The molecule has 1 aliphatic heterocycles. The number of hydrogen-bond acceptors (Lipinski definition) is 3. The molecule has 4 saturated carbocycles. The van der Waals surface area contributed by atoms with E-state index >= 15 is 0 Å². The van der Waals surface area contributed by atoms with E-state index in [1.165, 1.54) is 103 Å². The van der Waals surface area contributed by atoms with E-state index in [-0.39, 0.29) is 16.5 Å². The van der Waals surface area contributed by atoms with Gasteiger partial charge in [-0.3, -0.25) is 4.90 Å². The molecule has 5 rings (SSSR count). The molecule has 1 heterocycles. The number of hydrogen-bond donors (Lipinski definition) is 2. The van der Waals surface area contributed by atoms with E-state index in [1.54, 1.807) is 0 Å². The number of likely N-dealkylation sites (tertiary alicyclic amines) is 1. The van der Waals surface area contributed by atoms with Gasteiger partial charge in [-0.15, -0.1) is 0 Å². The van der Waals surface area contributed by atoms with Crippen molar-refractivity contribution in [3.05, 3.63) is 0 Å². The van der Waals surface area contributed by atoms with Crippen molar-refractivity contribution in [1.82, 2.24) is 4.90 Å². The summed E-state index contributed by atoms with van der Waals surface area (Å²) in [5.74, 6) is 3.18. The van der Waals surface area contributed by atoms with Crippen LogP contribution in [0.3, 0.4) is 0 Å². The number of nitrogens with two attached hydrogens (primary N) is 2. The van der Waals surface area contributed by atoms with Crippen molar-refractivity contribution in [2.75, 3.05) is 13.1 Å². The van der Waals surface area contributed by atoms with Crippen LogP contribution in [0.5, 0.6) is 0 Å². The first-order valence-electron chi connectivity index (χ1n) is 13.6. The van der Waals surface area contributed by atoms with Crippen molar-refractivity contribution in [1.29, 1.82) is 0 Å². The molecule has 0 aromatic carbocycles. The fourth-order valence-electron chi connectivity index (χ4n) is 9.42. The molecule has 0 bridgehead atoms. The summed E-state index contributed by atoms with van der Waals surface area (Å²) in [5.41, 5.74) is 15.3. The van der Waals surface area contributed by atoms with Crippen molar-refractivity contribution in [2.24, 2.45) is 40.6 Å². The van der Waals surface area contributed by atoms with Gasteiger partial charge in [-0.1, -0.05) is 58.8 Å². The standard InChI is InChI=1S/C27H49N3/c1-4-21-19-23-22-12-18-30(17-8-5-9-20-10-11-20)24(22,2)15-16-27(23,29)25(3)13-6-7-14-26(21,25)28/h20-23H,4-19,28-29H2,1-3H3/t21-,22?,23?,24?,25?,26?,27+/m0/s1. The third kappa shape index (κ3) is 2.93. The third-order valence-corrected chi connectivity index (χ3v) is 11.7. The normalized spacial score (nSPS) is 51.3.